The third-order valence-corrected chi connectivity index (χ3v) is 5.55. The highest BCUT2D eigenvalue weighted by Crippen LogP contribution is 2.24. The van der Waals surface area contributed by atoms with Crippen LogP contribution >= 0.6 is 0 Å². The van der Waals surface area contributed by atoms with Gasteiger partial charge in [0.15, 0.2) is 0 Å². The Bertz CT molecular complexity index is 844. The van der Waals surface area contributed by atoms with Crippen molar-refractivity contribution in [3.05, 3.63) is 75.3 Å². The zero-order valence-corrected chi connectivity index (χ0v) is 16.0. The molecule has 0 saturated carbocycles. The molecule has 0 amide bonds. The quantitative estimate of drug-likeness (QED) is 0.557. The van der Waals surface area contributed by atoms with Crippen LogP contribution in [0.2, 0.25) is 0 Å². The fraction of sp³-hybridized carbons (Fsp3) is 0.368. The fourth-order valence-corrected chi connectivity index (χ4v) is 4.23. The molecule has 0 bridgehead atoms. The summed E-state index contributed by atoms with van der Waals surface area (Å²) in [5.74, 6) is -0.143. The molecule has 1 N–H and O–H groups in total. The number of hydrogen-bond acceptors (Lipinski definition) is 4. The Morgan fingerprint density at radius 3 is 2.00 bits per heavy atom. The van der Waals surface area contributed by atoms with E-state index in [4.69, 9.17) is 0 Å². The molecule has 0 aliphatic heterocycles. The molecule has 7 heteroatoms. The van der Waals surface area contributed by atoms with E-state index in [-0.39, 0.29) is 23.4 Å². The molecule has 1 atom stereocenters. The average Bonchev–Trinajstić information content (AvgIpc) is 2.60. The average molecular weight is 376 g/mol. The second kappa shape index (κ2) is 8.42. The third kappa shape index (κ3) is 5.37. The van der Waals surface area contributed by atoms with Crippen molar-refractivity contribution in [3.63, 3.8) is 0 Å². The molecule has 2 aromatic carbocycles. The number of aryl methyl sites for hydroxylation is 1. The second-order valence-electron chi connectivity index (χ2n) is 6.62. The lowest BCUT2D eigenvalue weighted by molar-refractivity contribution is -0.384. The lowest BCUT2D eigenvalue weighted by Crippen LogP contribution is -2.32. The number of rotatable bonds is 8. The minimum atomic E-state index is -3.60. The summed E-state index contributed by atoms with van der Waals surface area (Å²) in [4.78, 5) is 10.2. The molecule has 0 fully saturated rings. The number of non-ortho nitro benzene ring substituents is 1. The maximum absolute atomic E-state index is 12.6. The van der Waals surface area contributed by atoms with E-state index in [2.05, 4.69) is 11.6 Å². The lowest BCUT2D eigenvalue weighted by Gasteiger charge is -2.23. The number of nitro benzene ring substituents is 1. The normalized spacial score (nSPS) is 12.9. The van der Waals surface area contributed by atoms with Gasteiger partial charge in [0, 0.05) is 18.2 Å². The summed E-state index contributed by atoms with van der Waals surface area (Å²) in [5.41, 5.74) is 2.57. The van der Waals surface area contributed by atoms with Gasteiger partial charge in [-0.25, -0.2) is 13.1 Å². The highest BCUT2D eigenvalue weighted by atomic mass is 32.2. The van der Waals surface area contributed by atoms with E-state index in [1.54, 1.807) is 0 Å². The van der Waals surface area contributed by atoms with Gasteiger partial charge in [0.25, 0.3) is 5.69 Å². The third-order valence-electron chi connectivity index (χ3n) is 4.22. The van der Waals surface area contributed by atoms with Gasteiger partial charge in [0.05, 0.1) is 10.7 Å². The molecule has 2 aromatic rings. The van der Waals surface area contributed by atoms with Gasteiger partial charge < -0.3 is 0 Å². The molecule has 0 saturated heterocycles. The SMILES string of the molecule is CCc1ccc([C@H](NS(=O)(=O)Cc2ccc([N+](=O)[O-])cc2)C(C)C)cc1. The van der Waals surface area contributed by atoms with E-state index in [9.17, 15) is 18.5 Å². The highest BCUT2D eigenvalue weighted by Gasteiger charge is 2.23. The first kappa shape index (κ1) is 20.1. The Balaban J connectivity index is 2.16. The molecule has 140 valence electrons. The fourth-order valence-electron chi connectivity index (χ4n) is 2.72. The summed E-state index contributed by atoms with van der Waals surface area (Å²) in [6, 6.07) is 13.2. The maximum atomic E-state index is 12.6. The number of nitrogens with one attached hydrogen (secondary N) is 1. The van der Waals surface area contributed by atoms with Gasteiger partial charge >= 0.3 is 0 Å². The molecule has 0 aliphatic carbocycles. The smallest absolute Gasteiger partial charge is 0.258 e. The first-order chi connectivity index (χ1) is 12.2. The Morgan fingerprint density at radius 1 is 1.00 bits per heavy atom. The van der Waals surface area contributed by atoms with Crippen LogP contribution in [0.3, 0.4) is 0 Å². The Kier molecular flexibility index (Phi) is 6.50. The number of sulfonamides is 1. The number of benzene rings is 2. The number of hydrogen-bond donors (Lipinski definition) is 1. The van der Waals surface area contributed by atoms with Crippen molar-refractivity contribution in [2.75, 3.05) is 0 Å². The lowest BCUT2D eigenvalue weighted by atomic mass is 9.96. The van der Waals surface area contributed by atoms with Crippen molar-refractivity contribution in [1.29, 1.82) is 0 Å². The molecule has 2 rings (SSSR count). The minimum Gasteiger partial charge on any atom is -0.258 e. The van der Waals surface area contributed by atoms with Gasteiger partial charge in [0.1, 0.15) is 0 Å². The summed E-state index contributed by atoms with van der Waals surface area (Å²) in [6.07, 6.45) is 0.929. The van der Waals surface area contributed by atoms with E-state index in [1.165, 1.54) is 29.8 Å². The van der Waals surface area contributed by atoms with Gasteiger partial charge in [-0.2, -0.15) is 0 Å². The van der Waals surface area contributed by atoms with Gasteiger partial charge in [0.2, 0.25) is 10.0 Å². The van der Waals surface area contributed by atoms with Crippen LogP contribution in [0.15, 0.2) is 48.5 Å². The molecular weight excluding hydrogens is 352 g/mol. The standard InChI is InChI=1S/C19H24N2O4S/c1-4-15-5-9-17(10-6-15)19(14(2)3)20-26(24,25)13-16-7-11-18(12-8-16)21(22)23/h5-12,14,19-20H,4,13H2,1-3H3/t19-/m1/s1. The predicted octanol–water partition coefficient (Wildman–Crippen LogP) is 3.97. The first-order valence-corrected chi connectivity index (χ1v) is 10.2. The van der Waals surface area contributed by atoms with Crippen LogP contribution in [-0.4, -0.2) is 13.3 Å². The van der Waals surface area contributed by atoms with E-state index < -0.39 is 14.9 Å². The Hall–Kier alpha value is -2.25. The molecule has 0 unspecified atom stereocenters. The molecule has 0 heterocycles. The summed E-state index contributed by atoms with van der Waals surface area (Å²) in [7, 11) is -3.60. The zero-order chi connectivity index (χ0) is 19.3. The van der Waals surface area contributed by atoms with Crippen molar-refractivity contribution in [1.82, 2.24) is 4.72 Å². The van der Waals surface area contributed by atoms with Crippen LogP contribution in [0, 0.1) is 16.0 Å². The van der Waals surface area contributed by atoms with Crippen LogP contribution in [0.25, 0.3) is 0 Å². The number of nitrogens with zero attached hydrogens (tertiary/aromatic N) is 1. The minimum absolute atomic E-state index is 0.0600. The first-order valence-electron chi connectivity index (χ1n) is 8.54. The van der Waals surface area contributed by atoms with Crippen LogP contribution in [0.1, 0.15) is 43.5 Å². The molecule has 6 nitrogen and oxygen atoms in total. The van der Waals surface area contributed by atoms with Gasteiger partial charge in [-0.05, 0) is 29.0 Å². The van der Waals surface area contributed by atoms with Crippen LogP contribution < -0.4 is 4.72 Å². The monoisotopic (exact) mass is 376 g/mol. The molecule has 0 aromatic heterocycles. The van der Waals surface area contributed by atoms with Crippen molar-refractivity contribution < 1.29 is 13.3 Å². The van der Waals surface area contributed by atoms with E-state index in [0.29, 0.717) is 5.56 Å². The predicted molar refractivity (Wildman–Crippen MR) is 102 cm³/mol. The summed E-state index contributed by atoms with van der Waals surface area (Å²) in [5, 5.41) is 10.7. The van der Waals surface area contributed by atoms with E-state index >= 15 is 0 Å². The van der Waals surface area contributed by atoms with Gasteiger partial charge in [-0.3, -0.25) is 10.1 Å². The maximum Gasteiger partial charge on any atom is 0.269 e. The van der Waals surface area contributed by atoms with Crippen molar-refractivity contribution in [2.24, 2.45) is 5.92 Å². The molecule has 26 heavy (non-hydrogen) atoms. The topological polar surface area (TPSA) is 89.3 Å². The zero-order valence-electron chi connectivity index (χ0n) is 15.2. The van der Waals surface area contributed by atoms with Gasteiger partial charge in [-0.1, -0.05) is 57.2 Å². The van der Waals surface area contributed by atoms with Crippen molar-refractivity contribution in [2.45, 2.75) is 39.0 Å². The molecular formula is C19H24N2O4S. The summed E-state index contributed by atoms with van der Waals surface area (Å²) in [6.45, 7) is 6.00. The van der Waals surface area contributed by atoms with Crippen molar-refractivity contribution >= 4 is 15.7 Å². The summed E-state index contributed by atoms with van der Waals surface area (Å²) < 4.78 is 27.9. The van der Waals surface area contributed by atoms with Gasteiger partial charge in [-0.15, -0.1) is 0 Å². The van der Waals surface area contributed by atoms with Crippen LogP contribution in [-0.2, 0) is 22.2 Å². The second-order valence-corrected chi connectivity index (χ2v) is 8.37. The Labute approximate surface area is 154 Å². The molecule has 0 radical (unpaired) electrons. The van der Waals surface area contributed by atoms with Crippen LogP contribution in [0.5, 0.6) is 0 Å². The molecule has 0 spiro atoms. The highest BCUT2D eigenvalue weighted by molar-refractivity contribution is 7.88. The Morgan fingerprint density at radius 2 is 1.54 bits per heavy atom. The number of nitro groups is 1. The van der Waals surface area contributed by atoms with Crippen LogP contribution in [0.4, 0.5) is 5.69 Å². The molecule has 0 aliphatic rings. The largest absolute Gasteiger partial charge is 0.269 e. The summed E-state index contributed by atoms with van der Waals surface area (Å²) >= 11 is 0. The van der Waals surface area contributed by atoms with E-state index in [0.717, 1.165) is 12.0 Å². The van der Waals surface area contributed by atoms with E-state index in [1.807, 2.05) is 38.1 Å². The van der Waals surface area contributed by atoms with Crippen molar-refractivity contribution in [3.8, 4) is 0 Å².